The van der Waals surface area contributed by atoms with Gasteiger partial charge in [-0.3, -0.25) is 0 Å². The largest absolute Gasteiger partial charge is 0.310 e. The second-order valence-corrected chi connectivity index (χ2v) is 46.5. The van der Waals surface area contributed by atoms with Gasteiger partial charge in [-0.05, 0) is 317 Å². The summed E-state index contributed by atoms with van der Waals surface area (Å²) in [7, 11) is 0. The van der Waals surface area contributed by atoms with Crippen LogP contribution in [-0.4, -0.2) is 15.8 Å². The number of rotatable bonds is 25. The first-order valence-electron chi connectivity index (χ1n) is 55.4. The number of fused-ring (bicyclic) bond motifs is 10. The number of anilines is 6. The van der Waals surface area contributed by atoms with Crippen molar-refractivity contribution in [1.82, 2.24) is 9.13 Å². The van der Waals surface area contributed by atoms with Gasteiger partial charge in [0.05, 0.1) is 33.4 Å². The number of hydrogen-bond acceptors (Lipinski definition) is 2. The first kappa shape index (κ1) is 98.9. The zero-order valence-corrected chi connectivity index (χ0v) is 91.9. The highest BCUT2D eigenvalue weighted by Crippen LogP contribution is 2.57. The van der Waals surface area contributed by atoms with Crippen molar-refractivity contribution in [2.45, 2.75) is 237 Å². The molecule has 0 fully saturated rings. The van der Waals surface area contributed by atoms with E-state index in [2.05, 4.69) is 543 Å². The predicted molar refractivity (Wildman–Crippen MR) is 647 cm³/mol. The van der Waals surface area contributed by atoms with Gasteiger partial charge in [0.25, 0.3) is 6.71 Å². The summed E-state index contributed by atoms with van der Waals surface area (Å²) in [6, 6.07) is 141. The van der Waals surface area contributed by atoms with Crippen LogP contribution < -0.4 is 26.2 Å². The summed E-state index contributed by atoms with van der Waals surface area (Å²) < 4.78 is 5.27. The molecule has 20 aromatic rings. The molecule has 0 saturated carbocycles. The van der Waals surface area contributed by atoms with Gasteiger partial charge in [-0.25, -0.2) is 0 Å². The second kappa shape index (κ2) is 39.7. The molecule has 0 bridgehead atoms. The summed E-state index contributed by atoms with van der Waals surface area (Å²) in [6.45, 7) is 56.8. The van der Waals surface area contributed by atoms with Crippen LogP contribution in [0.1, 0.15) is 304 Å². The van der Waals surface area contributed by atoms with Gasteiger partial charge < -0.3 is 18.9 Å². The lowest BCUT2D eigenvalue weighted by molar-refractivity contribution is 0.807. The lowest BCUT2D eigenvalue weighted by Gasteiger charge is -2.46. The van der Waals surface area contributed by atoms with Crippen LogP contribution in [0.25, 0.3) is 155 Å². The molecular formula is C144H143BN4. The molecule has 2 aliphatic rings. The minimum absolute atomic E-state index is 0.286. The van der Waals surface area contributed by atoms with Gasteiger partial charge in [0.1, 0.15) is 0 Å². The summed E-state index contributed by atoms with van der Waals surface area (Å²) >= 11 is 0. The molecule has 742 valence electrons. The van der Waals surface area contributed by atoms with Crippen molar-refractivity contribution >= 4 is 101 Å². The fraction of sp³-hybridized carbons (Fsp3) is 0.250. The molecule has 0 unspecified atom stereocenters. The standard InChI is InChI=1S/C144H143BN4/c1-84(2)105-72-116(88(9)10)138(117(73-105)89(11)12)101-56-64-130-124(68-101)125-69-102(139-118(90(13)14)74-106(85(3)4)75-119(139)91(15)16)57-65-131(125)146(130)110-60-62-128-134(82-110)148(143-112(97-44-32-26-33-45-97)52-40-53-113(143)98-46-34-27-35-47-98)136-80-109(96-42-30-25-31-43-96)81-137-142(136)145(128)129-63-61-111(83-135(129)149(137)144-114(99-48-36-28-37-49-99)54-41-55-115(144)100-50-38-29-39-51-100)147-132-66-58-103(140-120(92(17)18)76-107(86(5)6)77-121(140)93(19)20)70-126(132)127-71-104(59-67-133(127)147)141-122(94(21)22)78-108(87(7)8)79-123(141)95(23)24/h25-95H,1-24H3. The minimum atomic E-state index is -0.343. The van der Waals surface area contributed by atoms with Gasteiger partial charge in [-0.1, -0.05) is 439 Å². The smallest absolute Gasteiger partial charge is 0.252 e. The van der Waals surface area contributed by atoms with Crippen LogP contribution >= 0.6 is 0 Å². The molecule has 22 rings (SSSR count). The Morgan fingerprint density at radius 2 is 0.403 bits per heavy atom. The van der Waals surface area contributed by atoms with Crippen LogP contribution in [0, 0.1) is 0 Å². The average Bonchev–Trinajstić information content (AvgIpc) is 1.02. The highest BCUT2D eigenvalue weighted by Gasteiger charge is 2.47. The molecule has 4 heterocycles. The molecule has 2 aliphatic heterocycles. The molecule has 18 aromatic carbocycles. The Labute approximate surface area is 886 Å². The third-order valence-corrected chi connectivity index (χ3v) is 32.7. The fourth-order valence-electron chi connectivity index (χ4n) is 24.9. The van der Waals surface area contributed by atoms with E-state index >= 15 is 0 Å². The Morgan fingerprint density at radius 3 is 0.624 bits per heavy atom. The Balaban J connectivity index is 0.884. The lowest BCUT2D eigenvalue weighted by atomic mass is 9.33. The number of para-hydroxylation sites is 2. The third-order valence-electron chi connectivity index (χ3n) is 32.7. The predicted octanol–water partition coefficient (Wildman–Crippen LogP) is 40.4. The molecule has 0 amide bonds. The number of benzene rings is 18. The first-order valence-corrected chi connectivity index (χ1v) is 55.4. The van der Waals surface area contributed by atoms with Crippen LogP contribution in [0.2, 0.25) is 0 Å². The van der Waals surface area contributed by atoms with Gasteiger partial charge >= 0.3 is 0 Å². The molecule has 0 N–H and O–H groups in total. The van der Waals surface area contributed by atoms with E-state index in [1.807, 2.05) is 0 Å². The van der Waals surface area contributed by atoms with Crippen LogP contribution in [-0.2, 0) is 0 Å². The van der Waals surface area contributed by atoms with Gasteiger partial charge in [0.2, 0.25) is 0 Å². The van der Waals surface area contributed by atoms with E-state index in [1.54, 1.807) is 0 Å². The molecule has 0 spiro atoms. The Bertz CT molecular complexity index is 7590. The minimum Gasteiger partial charge on any atom is -0.310 e. The summed E-state index contributed by atoms with van der Waals surface area (Å²) in [4.78, 5) is 5.50. The Morgan fingerprint density at radius 1 is 0.174 bits per heavy atom. The van der Waals surface area contributed by atoms with E-state index in [0.29, 0.717) is 23.7 Å². The van der Waals surface area contributed by atoms with Crippen molar-refractivity contribution in [2.75, 3.05) is 9.80 Å². The zero-order valence-electron chi connectivity index (χ0n) is 91.9. The van der Waals surface area contributed by atoms with E-state index in [-0.39, 0.29) is 54.1 Å². The Kier molecular flexibility index (Phi) is 26.3. The molecule has 4 nitrogen and oxygen atoms in total. The van der Waals surface area contributed by atoms with Crippen LogP contribution in [0.3, 0.4) is 0 Å². The molecule has 5 heteroatoms. The number of nitrogens with zero attached hydrogens (tertiary/aromatic N) is 4. The van der Waals surface area contributed by atoms with Crippen LogP contribution in [0.5, 0.6) is 0 Å². The second-order valence-electron chi connectivity index (χ2n) is 46.5. The normalized spacial score (nSPS) is 12.7. The summed E-state index contributed by atoms with van der Waals surface area (Å²) in [5, 5.41) is 4.91. The highest BCUT2D eigenvalue weighted by atomic mass is 15.2. The number of aromatic nitrogens is 2. The van der Waals surface area contributed by atoms with Crippen LogP contribution in [0.4, 0.5) is 34.1 Å². The first-order chi connectivity index (χ1) is 71.9. The van der Waals surface area contributed by atoms with Crippen molar-refractivity contribution in [3.63, 3.8) is 0 Å². The third kappa shape index (κ3) is 17.4. The zero-order chi connectivity index (χ0) is 104. The molecular weight excluding hydrogens is 1800 g/mol. The average molecular weight is 1940 g/mol. The van der Waals surface area contributed by atoms with Gasteiger partial charge in [0.15, 0.2) is 0 Å². The quantitative estimate of drug-likeness (QED) is 0.0530. The number of hydrogen-bond donors (Lipinski definition) is 0. The van der Waals surface area contributed by atoms with Crippen molar-refractivity contribution in [3.05, 3.63) is 425 Å². The molecule has 149 heavy (non-hydrogen) atoms. The molecule has 0 saturated heterocycles. The van der Waals surface area contributed by atoms with Crippen molar-refractivity contribution in [3.8, 4) is 112 Å². The maximum Gasteiger partial charge on any atom is 0.252 e. The van der Waals surface area contributed by atoms with Gasteiger partial charge in [0, 0.05) is 77.9 Å². The lowest BCUT2D eigenvalue weighted by Crippen LogP contribution is -2.61. The molecule has 0 radical (unpaired) electrons. The van der Waals surface area contributed by atoms with Crippen molar-refractivity contribution < 1.29 is 0 Å². The summed E-state index contributed by atoms with van der Waals surface area (Å²) in [6.07, 6.45) is 0. The molecule has 0 aliphatic carbocycles. The summed E-state index contributed by atoms with van der Waals surface area (Å²) in [5.41, 5.74) is 55.6. The van der Waals surface area contributed by atoms with Gasteiger partial charge in [-0.2, -0.15) is 0 Å². The molecule has 0 atom stereocenters. The van der Waals surface area contributed by atoms with Crippen molar-refractivity contribution in [2.24, 2.45) is 0 Å². The maximum absolute atomic E-state index is 2.75. The topological polar surface area (TPSA) is 16.3 Å². The fourth-order valence-corrected chi connectivity index (χ4v) is 24.9. The Hall–Kier alpha value is -14.8. The van der Waals surface area contributed by atoms with Crippen LogP contribution in [0.15, 0.2) is 358 Å². The van der Waals surface area contributed by atoms with E-state index < -0.39 is 0 Å². The maximum atomic E-state index is 2.75. The SMILES string of the molecule is CC(C)c1cc(C(C)C)c(-c2ccc3c(c2)c2cc(-c4c(C(C)C)cc(C(C)C)cc4C(C)C)ccc2n3-c2ccc3c(c2)N(c2c(-c4ccccc4)cccc2-c2ccccc2)c2cc(-c4ccccc4)cc4c2B3c2ccc(-n3c5ccc(-c6c(C(C)C)cc(C(C)C)cc6C(C)C)cc5c5cc(-c6c(C(C)C)cc(C(C)C)cc6C(C)C)ccc53)cc2N4c2c(-c3ccccc3)cccc2-c2ccccc2)c(C(C)C)c1. The summed E-state index contributed by atoms with van der Waals surface area (Å²) in [5.74, 6) is 3.80. The van der Waals surface area contributed by atoms with E-state index in [9.17, 15) is 0 Å². The van der Waals surface area contributed by atoms with Crippen molar-refractivity contribution in [1.29, 1.82) is 0 Å². The van der Waals surface area contributed by atoms with E-state index in [4.69, 9.17) is 0 Å². The monoisotopic (exact) mass is 1940 g/mol. The van der Waals surface area contributed by atoms with Gasteiger partial charge in [-0.15, -0.1) is 0 Å². The van der Waals surface area contributed by atoms with E-state index in [1.165, 1.54) is 149 Å². The highest BCUT2D eigenvalue weighted by molar-refractivity contribution is 7.00. The molecule has 2 aromatic heterocycles. The van der Waals surface area contributed by atoms with E-state index in [0.717, 1.165) is 123 Å².